The van der Waals surface area contributed by atoms with Gasteiger partial charge in [-0.2, -0.15) is 0 Å². The lowest BCUT2D eigenvalue weighted by Gasteiger charge is -2.12. The van der Waals surface area contributed by atoms with Gasteiger partial charge in [0, 0.05) is 24.5 Å². The molecule has 2 rings (SSSR count). The third-order valence-electron chi connectivity index (χ3n) is 2.62. The molecule has 1 aromatic heterocycles. The molecule has 98 valence electrons. The highest BCUT2D eigenvalue weighted by Gasteiger charge is 2.19. The number of carbonyl (C=O) groups excluding carboxylic acids is 1. The van der Waals surface area contributed by atoms with Gasteiger partial charge in [-0.05, 0) is 11.6 Å². The number of hydrogen-bond acceptors (Lipinski definition) is 2. The zero-order valence-corrected chi connectivity index (χ0v) is 11.5. The third-order valence-corrected chi connectivity index (χ3v) is 3.37. The fraction of sp³-hybridized carbons (Fsp3) is 0.143. The first-order chi connectivity index (χ1) is 9.18. The molecule has 0 fully saturated rings. The molecular formula is C14H12Cl2N2O. The van der Waals surface area contributed by atoms with Crippen LogP contribution in [0, 0.1) is 0 Å². The lowest BCUT2D eigenvalue weighted by molar-refractivity contribution is -0.121. The topological polar surface area (TPSA) is 42.0 Å². The number of halogens is 2. The van der Waals surface area contributed by atoms with Gasteiger partial charge in [-0.25, -0.2) is 0 Å². The number of nitrogens with one attached hydrogen (secondary N) is 1. The summed E-state index contributed by atoms with van der Waals surface area (Å²) in [4.78, 5) is 15.8. The Kier molecular flexibility index (Phi) is 4.77. The van der Waals surface area contributed by atoms with E-state index < -0.39 is 5.38 Å². The van der Waals surface area contributed by atoms with Gasteiger partial charge in [0.2, 0.25) is 5.91 Å². The maximum atomic E-state index is 11.9. The average Bonchev–Trinajstić information content (AvgIpc) is 2.45. The number of rotatable bonds is 4. The minimum Gasteiger partial charge on any atom is -0.350 e. The average molecular weight is 295 g/mol. The molecule has 0 aliphatic carbocycles. The molecule has 19 heavy (non-hydrogen) atoms. The molecule has 0 aliphatic rings. The van der Waals surface area contributed by atoms with E-state index >= 15 is 0 Å². The first-order valence-electron chi connectivity index (χ1n) is 5.73. The van der Waals surface area contributed by atoms with E-state index in [0.717, 1.165) is 5.56 Å². The molecule has 0 spiro atoms. The van der Waals surface area contributed by atoms with E-state index in [4.69, 9.17) is 23.2 Å². The summed E-state index contributed by atoms with van der Waals surface area (Å²) in [6, 6.07) is 11.3. The largest absolute Gasteiger partial charge is 0.350 e. The number of hydrogen-bond donors (Lipinski definition) is 1. The molecular weight excluding hydrogens is 283 g/mol. The molecule has 5 heteroatoms. The van der Waals surface area contributed by atoms with Crippen LogP contribution in [-0.4, -0.2) is 10.9 Å². The summed E-state index contributed by atoms with van der Waals surface area (Å²) in [7, 11) is 0. The van der Waals surface area contributed by atoms with Crippen LogP contribution >= 0.6 is 23.2 Å². The van der Waals surface area contributed by atoms with Crippen molar-refractivity contribution in [2.24, 2.45) is 0 Å². The summed E-state index contributed by atoms with van der Waals surface area (Å²) in [5, 5.41) is 2.34. The Morgan fingerprint density at radius 3 is 2.68 bits per heavy atom. The Hall–Kier alpha value is -1.58. The minimum absolute atomic E-state index is 0.279. The van der Waals surface area contributed by atoms with E-state index in [2.05, 4.69) is 10.3 Å². The summed E-state index contributed by atoms with van der Waals surface area (Å²) in [5.41, 5.74) is 1.57. The molecule has 0 aliphatic heterocycles. The molecule has 1 unspecified atom stereocenters. The van der Waals surface area contributed by atoms with E-state index in [9.17, 15) is 4.79 Å². The first-order valence-corrected chi connectivity index (χ1v) is 6.55. The van der Waals surface area contributed by atoms with Crippen molar-refractivity contribution in [2.45, 2.75) is 11.9 Å². The molecule has 1 N–H and O–H groups in total. The molecule has 0 bridgehead atoms. The number of alkyl halides is 1. The van der Waals surface area contributed by atoms with Gasteiger partial charge in [0.25, 0.3) is 0 Å². The van der Waals surface area contributed by atoms with Crippen molar-refractivity contribution in [1.82, 2.24) is 10.3 Å². The minimum atomic E-state index is -0.820. The third kappa shape index (κ3) is 3.69. The maximum absolute atomic E-state index is 11.9. The van der Waals surface area contributed by atoms with Crippen molar-refractivity contribution in [1.29, 1.82) is 0 Å². The second-order valence-corrected chi connectivity index (χ2v) is 4.81. The SMILES string of the molecule is O=C(NCc1ccccc1)C(Cl)c1ccncc1Cl. The van der Waals surface area contributed by atoms with Gasteiger partial charge in [0.15, 0.2) is 0 Å². The highest BCUT2D eigenvalue weighted by Crippen LogP contribution is 2.26. The van der Waals surface area contributed by atoms with Gasteiger partial charge in [-0.3, -0.25) is 9.78 Å². The van der Waals surface area contributed by atoms with Crippen LogP contribution in [0.4, 0.5) is 0 Å². The zero-order chi connectivity index (χ0) is 13.7. The smallest absolute Gasteiger partial charge is 0.242 e. The van der Waals surface area contributed by atoms with Crippen molar-refractivity contribution in [3.05, 3.63) is 64.9 Å². The normalized spacial score (nSPS) is 11.9. The molecule has 0 saturated carbocycles. The Balaban J connectivity index is 1.99. The van der Waals surface area contributed by atoms with Crippen LogP contribution in [0.2, 0.25) is 5.02 Å². The molecule has 3 nitrogen and oxygen atoms in total. The van der Waals surface area contributed by atoms with Gasteiger partial charge < -0.3 is 5.32 Å². The highest BCUT2D eigenvalue weighted by atomic mass is 35.5. The predicted octanol–water partition coefficient (Wildman–Crippen LogP) is 3.33. The van der Waals surface area contributed by atoms with Crippen molar-refractivity contribution in [3.63, 3.8) is 0 Å². The number of aromatic nitrogens is 1. The second-order valence-electron chi connectivity index (χ2n) is 3.96. The molecule has 1 aromatic carbocycles. The molecule has 1 atom stereocenters. The van der Waals surface area contributed by atoms with Crippen molar-refractivity contribution in [2.75, 3.05) is 0 Å². The summed E-state index contributed by atoms with van der Waals surface area (Å²) in [5.74, 6) is -0.279. The maximum Gasteiger partial charge on any atom is 0.242 e. The summed E-state index contributed by atoms with van der Waals surface area (Å²) < 4.78 is 0. The molecule has 1 amide bonds. The predicted molar refractivity (Wildman–Crippen MR) is 76.1 cm³/mol. The molecule has 0 saturated heterocycles. The monoisotopic (exact) mass is 294 g/mol. The summed E-state index contributed by atoms with van der Waals surface area (Å²) in [6.45, 7) is 0.436. The fourth-order valence-corrected chi connectivity index (χ4v) is 2.16. The van der Waals surface area contributed by atoms with Gasteiger partial charge >= 0.3 is 0 Å². The fourth-order valence-electron chi connectivity index (χ4n) is 1.61. The molecule has 1 heterocycles. The Morgan fingerprint density at radius 2 is 2.00 bits per heavy atom. The van der Waals surface area contributed by atoms with Crippen LogP contribution in [0.15, 0.2) is 48.8 Å². The van der Waals surface area contributed by atoms with Crippen LogP contribution in [0.3, 0.4) is 0 Å². The van der Waals surface area contributed by atoms with Crippen LogP contribution < -0.4 is 5.32 Å². The van der Waals surface area contributed by atoms with Gasteiger partial charge in [0.1, 0.15) is 5.38 Å². The van der Waals surface area contributed by atoms with Crippen LogP contribution in [0.5, 0.6) is 0 Å². The Morgan fingerprint density at radius 1 is 1.26 bits per heavy atom. The van der Waals surface area contributed by atoms with E-state index in [1.165, 1.54) is 6.20 Å². The lowest BCUT2D eigenvalue weighted by atomic mass is 10.1. The summed E-state index contributed by atoms with van der Waals surface area (Å²) >= 11 is 12.1. The number of pyridine rings is 1. The van der Waals surface area contributed by atoms with Crippen molar-refractivity contribution >= 4 is 29.1 Å². The second kappa shape index (κ2) is 6.55. The lowest BCUT2D eigenvalue weighted by Crippen LogP contribution is -2.26. The number of benzene rings is 1. The Labute approximate surface area is 121 Å². The highest BCUT2D eigenvalue weighted by molar-refractivity contribution is 6.35. The summed E-state index contributed by atoms with van der Waals surface area (Å²) in [6.07, 6.45) is 3.03. The Bertz CT molecular complexity index is 560. The first kappa shape index (κ1) is 13.8. The van der Waals surface area contributed by atoms with Crippen LogP contribution in [-0.2, 0) is 11.3 Å². The van der Waals surface area contributed by atoms with Crippen LogP contribution in [0.1, 0.15) is 16.5 Å². The van der Waals surface area contributed by atoms with Crippen molar-refractivity contribution < 1.29 is 4.79 Å². The standard InChI is InChI=1S/C14H12Cl2N2O/c15-12-9-17-7-6-11(12)13(16)14(19)18-8-10-4-2-1-3-5-10/h1-7,9,13H,8H2,(H,18,19). The molecule has 2 aromatic rings. The van der Waals surface area contributed by atoms with Gasteiger partial charge in [-0.1, -0.05) is 41.9 Å². The van der Waals surface area contributed by atoms with E-state index in [1.807, 2.05) is 30.3 Å². The van der Waals surface area contributed by atoms with E-state index in [-0.39, 0.29) is 5.91 Å². The molecule has 0 radical (unpaired) electrons. The van der Waals surface area contributed by atoms with Crippen LogP contribution in [0.25, 0.3) is 0 Å². The van der Waals surface area contributed by atoms with Crippen molar-refractivity contribution in [3.8, 4) is 0 Å². The van der Waals surface area contributed by atoms with E-state index in [0.29, 0.717) is 17.1 Å². The number of nitrogens with zero attached hydrogens (tertiary/aromatic N) is 1. The quantitative estimate of drug-likeness (QED) is 0.879. The van der Waals surface area contributed by atoms with Gasteiger partial charge in [-0.15, -0.1) is 11.6 Å². The number of carbonyl (C=O) groups is 1. The van der Waals surface area contributed by atoms with E-state index in [1.54, 1.807) is 12.3 Å². The number of amides is 1. The zero-order valence-electron chi connectivity index (χ0n) is 10.0. The van der Waals surface area contributed by atoms with Gasteiger partial charge in [0.05, 0.1) is 5.02 Å².